The first-order valence-electron chi connectivity index (χ1n) is 6.61. The number of hydrogen-bond acceptors (Lipinski definition) is 3. The average Bonchev–Trinajstić information content (AvgIpc) is 2.16. The van der Waals surface area contributed by atoms with Crippen LogP contribution in [-0.2, 0) is 9.53 Å². The summed E-state index contributed by atoms with van der Waals surface area (Å²) in [5.74, 6) is -0.232. The van der Waals surface area contributed by atoms with E-state index in [-0.39, 0.29) is 11.9 Å². The highest BCUT2D eigenvalue weighted by atomic mass is 16.6. The van der Waals surface area contributed by atoms with Gasteiger partial charge in [0.1, 0.15) is 5.60 Å². The summed E-state index contributed by atoms with van der Waals surface area (Å²) in [7, 11) is 0. The van der Waals surface area contributed by atoms with E-state index in [2.05, 4.69) is 6.92 Å². The van der Waals surface area contributed by atoms with E-state index in [1.165, 1.54) is 0 Å². The molecule has 3 heteroatoms. The highest BCUT2D eigenvalue weighted by Gasteiger charge is 2.39. The van der Waals surface area contributed by atoms with E-state index in [0.29, 0.717) is 0 Å². The first-order valence-corrected chi connectivity index (χ1v) is 6.61. The molecular formula is C14H28O3. The van der Waals surface area contributed by atoms with Crippen molar-refractivity contribution in [2.24, 2.45) is 5.92 Å². The van der Waals surface area contributed by atoms with Crippen LogP contribution in [0.4, 0.5) is 0 Å². The van der Waals surface area contributed by atoms with Gasteiger partial charge in [0.25, 0.3) is 0 Å². The van der Waals surface area contributed by atoms with Crippen LogP contribution in [0.2, 0.25) is 0 Å². The fourth-order valence-electron chi connectivity index (χ4n) is 1.40. The molecule has 102 valence electrons. The maximum absolute atomic E-state index is 12.0. The fraction of sp³-hybridized carbons (Fsp3) is 0.929. The maximum atomic E-state index is 12.0. The van der Waals surface area contributed by atoms with Crippen LogP contribution in [0.1, 0.15) is 67.2 Å². The molecule has 0 aromatic rings. The molecule has 0 radical (unpaired) electrons. The summed E-state index contributed by atoms with van der Waals surface area (Å²) >= 11 is 0. The predicted octanol–water partition coefficient (Wildman–Crippen LogP) is 3.30. The molecule has 0 fully saturated rings. The Hall–Kier alpha value is -0.570. The minimum absolute atomic E-state index is 0.0448. The molecule has 0 bridgehead atoms. The molecule has 0 rings (SSSR count). The summed E-state index contributed by atoms with van der Waals surface area (Å²) in [6.45, 7) is 10.9. The SMILES string of the molecule is CCCCC(CC)C(=O)OC(C)(C)C(C)(C)O. The van der Waals surface area contributed by atoms with Gasteiger partial charge in [0.15, 0.2) is 0 Å². The van der Waals surface area contributed by atoms with Crippen molar-refractivity contribution in [1.82, 2.24) is 0 Å². The summed E-state index contributed by atoms with van der Waals surface area (Å²) in [4.78, 5) is 12.0. The third kappa shape index (κ3) is 5.07. The van der Waals surface area contributed by atoms with Crippen molar-refractivity contribution in [2.75, 3.05) is 0 Å². The lowest BCUT2D eigenvalue weighted by Gasteiger charge is -2.37. The van der Waals surface area contributed by atoms with E-state index in [1.807, 2.05) is 6.92 Å². The second kappa shape index (κ2) is 6.39. The van der Waals surface area contributed by atoms with Crippen molar-refractivity contribution in [3.63, 3.8) is 0 Å². The van der Waals surface area contributed by atoms with E-state index in [1.54, 1.807) is 27.7 Å². The molecule has 1 unspecified atom stereocenters. The van der Waals surface area contributed by atoms with Gasteiger partial charge >= 0.3 is 5.97 Å². The van der Waals surface area contributed by atoms with Crippen molar-refractivity contribution in [3.05, 3.63) is 0 Å². The van der Waals surface area contributed by atoms with E-state index < -0.39 is 11.2 Å². The lowest BCUT2D eigenvalue weighted by atomic mass is 9.89. The van der Waals surface area contributed by atoms with Gasteiger partial charge in [-0.15, -0.1) is 0 Å². The minimum atomic E-state index is -1.04. The highest BCUT2D eigenvalue weighted by Crippen LogP contribution is 2.27. The van der Waals surface area contributed by atoms with Crippen LogP contribution < -0.4 is 0 Å². The largest absolute Gasteiger partial charge is 0.456 e. The zero-order chi connectivity index (χ0) is 13.7. The molecule has 0 aromatic heterocycles. The summed E-state index contributed by atoms with van der Waals surface area (Å²) in [5.41, 5.74) is -1.89. The molecule has 0 saturated carbocycles. The number of aliphatic hydroxyl groups is 1. The van der Waals surface area contributed by atoms with Crippen molar-refractivity contribution in [2.45, 2.75) is 78.4 Å². The summed E-state index contributed by atoms with van der Waals surface area (Å²) in [6.07, 6.45) is 3.78. The molecule has 0 aromatic carbocycles. The zero-order valence-electron chi connectivity index (χ0n) is 12.2. The number of rotatable bonds is 7. The van der Waals surface area contributed by atoms with E-state index in [9.17, 15) is 9.90 Å². The Kier molecular flexibility index (Phi) is 6.17. The number of esters is 1. The van der Waals surface area contributed by atoms with Gasteiger partial charge in [-0.05, 0) is 40.5 Å². The summed E-state index contributed by atoms with van der Waals surface area (Å²) in [6, 6.07) is 0. The number of ether oxygens (including phenoxy) is 1. The lowest BCUT2D eigenvalue weighted by molar-refractivity contribution is -0.185. The van der Waals surface area contributed by atoms with Gasteiger partial charge in [-0.25, -0.2) is 0 Å². The molecule has 0 saturated heterocycles. The van der Waals surface area contributed by atoms with Crippen LogP contribution in [0.5, 0.6) is 0 Å². The maximum Gasteiger partial charge on any atom is 0.309 e. The molecule has 3 nitrogen and oxygen atoms in total. The second-order valence-electron chi connectivity index (χ2n) is 5.74. The van der Waals surface area contributed by atoms with E-state index in [4.69, 9.17) is 4.74 Å². The van der Waals surface area contributed by atoms with E-state index >= 15 is 0 Å². The Morgan fingerprint density at radius 2 is 1.76 bits per heavy atom. The Labute approximate surface area is 106 Å². The third-order valence-corrected chi connectivity index (χ3v) is 3.56. The van der Waals surface area contributed by atoms with Gasteiger partial charge in [0.05, 0.1) is 11.5 Å². The van der Waals surface area contributed by atoms with Gasteiger partial charge in [0, 0.05) is 0 Å². The van der Waals surface area contributed by atoms with Gasteiger partial charge < -0.3 is 9.84 Å². The van der Waals surface area contributed by atoms with Crippen molar-refractivity contribution in [1.29, 1.82) is 0 Å². The molecule has 0 aliphatic rings. The van der Waals surface area contributed by atoms with Crippen molar-refractivity contribution < 1.29 is 14.6 Å². The van der Waals surface area contributed by atoms with Crippen molar-refractivity contribution >= 4 is 5.97 Å². The van der Waals surface area contributed by atoms with Crippen LogP contribution in [-0.4, -0.2) is 22.3 Å². The zero-order valence-corrected chi connectivity index (χ0v) is 12.2. The van der Waals surface area contributed by atoms with Gasteiger partial charge in [-0.2, -0.15) is 0 Å². The Bertz CT molecular complexity index is 238. The molecule has 0 aliphatic carbocycles. The Balaban J connectivity index is 4.50. The highest BCUT2D eigenvalue weighted by molar-refractivity contribution is 5.72. The first-order chi connectivity index (χ1) is 7.65. The van der Waals surface area contributed by atoms with Crippen LogP contribution in [0, 0.1) is 5.92 Å². The molecule has 0 heterocycles. The Morgan fingerprint density at radius 3 is 2.12 bits per heavy atom. The minimum Gasteiger partial charge on any atom is -0.456 e. The average molecular weight is 244 g/mol. The molecule has 1 N–H and O–H groups in total. The van der Waals surface area contributed by atoms with Crippen LogP contribution >= 0.6 is 0 Å². The second-order valence-corrected chi connectivity index (χ2v) is 5.74. The molecule has 0 aliphatic heterocycles. The first kappa shape index (κ1) is 16.4. The molecule has 0 amide bonds. The summed E-state index contributed by atoms with van der Waals surface area (Å²) in [5, 5.41) is 9.95. The fourth-order valence-corrected chi connectivity index (χ4v) is 1.40. The Morgan fingerprint density at radius 1 is 1.24 bits per heavy atom. The van der Waals surface area contributed by atoms with Gasteiger partial charge in [0.2, 0.25) is 0 Å². The smallest absolute Gasteiger partial charge is 0.309 e. The number of hydrogen-bond donors (Lipinski definition) is 1. The number of carbonyl (C=O) groups excluding carboxylic acids is 1. The van der Waals surface area contributed by atoms with Crippen LogP contribution in [0.25, 0.3) is 0 Å². The van der Waals surface area contributed by atoms with E-state index in [0.717, 1.165) is 25.7 Å². The topological polar surface area (TPSA) is 46.5 Å². The lowest BCUT2D eigenvalue weighted by Crippen LogP contribution is -2.49. The van der Waals surface area contributed by atoms with Gasteiger partial charge in [-0.3, -0.25) is 4.79 Å². The molecule has 0 spiro atoms. The summed E-state index contributed by atoms with van der Waals surface area (Å²) < 4.78 is 5.46. The molecular weight excluding hydrogens is 216 g/mol. The quantitative estimate of drug-likeness (QED) is 0.699. The van der Waals surface area contributed by atoms with Gasteiger partial charge in [-0.1, -0.05) is 26.7 Å². The van der Waals surface area contributed by atoms with Crippen LogP contribution in [0.15, 0.2) is 0 Å². The predicted molar refractivity (Wildman–Crippen MR) is 69.8 cm³/mol. The standard InChI is InChI=1S/C14H28O3/c1-7-9-10-11(8-2)12(15)17-14(5,6)13(3,4)16/h11,16H,7-10H2,1-6H3. The monoisotopic (exact) mass is 244 g/mol. The number of unbranched alkanes of at least 4 members (excludes halogenated alkanes) is 1. The normalized spacial score (nSPS) is 14.5. The van der Waals surface area contributed by atoms with Crippen molar-refractivity contribution in [3.8, 4) is 0 Å². The molecule has 1 atom stereocenters. The number of carbonyl (C=O) groups is 1. The third-order valence-electron chi connectivity index (χ3n) is 3.56. The van der Waals surface area contributed by atoms with Crippen LogP contribution in [0.3, 0.4) is 0 Å². The molecule has 17 heavy (non-hydrogen) atoms.